The standard InChI is InChI=1S/C7H12N2O2/c1-3-5-8-9(6-4-2)7(10)11/h3-4,8H,1-2,5-6H2,(H,10,11). The van der Waals surface area contributed by atoms with Crippen molar-refractivity contribution in [2.45, 2.75) is 0 Å². The molecule has 0 rings (SSSR count). The van der Waals surface area contributed by atoms with Crippen molar-refractivity contribution in [3.8, 4) is 0 Å². The average molecular weight is 156 g/mol. The lowest BCUT2D eigenvalue weighted by Crippen LogP contribution is -2.42. The Bertz CT molecular complexity index is 157. The molecule has 0 saturated carbocycles. The largest absolute Gasteiger partial charge is 0.464 e. The first-order valence-electron chi connectivity index (χ1n) is 3.18. The van der Waals surface area contributed by atoms with Gasteiger partial charge < -0.3 is 5.11 Å². The first kappa shape index (κ1) is 9.71. The van der Waals surface area contributed by atoms with Crippen molar-refractivity contribution < 1.29 is 9.90 Å². The summed E-state index contributed by atoms with van der Waals surface area (Å²) >= 11 is 0. The molecule has 0 aromatic rings. The molecular weight excluding hydrogens is 144 g/mol. The molecule has 0 spiro atoms. The smallest absolute Gasteiger partial charge is 0.422 e. The van der Waals surface area contributed by atoms with Gasteiger partial charge in [0.25, 0.3) is 0 Å². The van der Waals surface area contributed by atoms with E-state index >= 15 is 0 Å². The van der Waals surface area contributed by atoms with Gasteiger partial charge in [-0.1, -0.05) is 12.2 Å². The highest BCUT2D eigenvalue weighted by Crippen LogP contribution is 1.83. The van der Waals surface area contributed by atoms with Crippen molar-refractivity contribution in [3.63, 3.8) is 0 Å². The summed E-state index contributed by atoms with van der Waals surface area (Å²) < 4.78 is 0. The van der Waals surface area contributed by atoms with Crippen LogP contribution in [0, 0.1) is 0 Å². The zero-order valence-electron chi connectivity index (χ0n) is 6.29. The molecule has 0 heterocycles. The highest BCUT2D eigenvalue weighted by molar-refractivity contribution is 5.64. The minimum Gasteiger partial charge on any atom is -0.464 e. The van der Waals surface area contributed by atoms with Crippen LogP contribution < -0.4 is 5.43 Å². The quantitative estimate of drug-likeness (QED) is 0.458. The molecule has 2 N–H and O–H groups in total. The first-order chi connectivity index (χ1) is 5.22. The summed E-state index contributed by atoms with van der Waals surface area (Å²) in [5.74, 6) is 0. The maximum absolute atomic E-state index is 10.4. The molecule has 11 heavy (non-hydrogen) atoms. The van der Waals surface area contributed by atoms with E-state index in [1.54, 1.807) is 6.08 Å². The Labute approximate surface area is 65.8 Å². The lowest BCUT2D eigenvalue weighted by molar-refractivity contribution is 0.130. The molecule has 0 saturated heterocycles. The van der Waals surface area contributed by atoms with E-state index in [1.807, 2.05) is 0 Å². The number of rotatable bonds is 5. The number of nitrogens with one attached hydrogen (secondary N) is 1. The number of hydrogen-bond donors (Lipinski definition) is 2. The van der Waals surface area contributed by atoms with Crippen LogP contribution in [0.1, 0.15) is 0 Å². The maximum atomic E-state index is 10.4. The molecule has 1 amide bonds. The number of hydrazine groups is 1. The Kier molecular flexibility index (Phi) is 4.85. The fourth-order valence-electron chi connectivity index (χ4n) is 0.514. The van der Waals surface area contributed by atoms with Crippen LogP contribution in [0.15, 0.2) is 25.3 Å². The van der Waals surface area contributed by atoms with Gasteiger partial charge in [0.1, 0.15) is 0 Å². The monoisotopic (exact) mass is 156 g/mol. The van der Waals surface area contributed by atoms with E-state index in [2.05, 4.69) is 18.6 Å². The molecule has 0 unspecified atom stereocenters. The van der Waals surface area contributed by atoms with Gasteiger partial charge in [0.15, 0.2) is 0 Å². The van der Waals surface area contributed by atoms with Gasteiger partial charge in [0, 0.05) is 6.54 Å². The number of nitrogens with zero attached hydrogens (tertiary/aromatic N) is 1. The van der Waals surface area contributed by atoms with Crippen LogP contribution in [-0.4, -0.2) is 29.3 Å². The molecule has 0 aromatic carbocycles. The fraction of sp³-hybridized carbons (Fsp3) is 0.286. The third-order valence-corrected chi connectivity index (χ3v) is 0.969. The maximum Gasteiger partial charge on any atom is 0.422 e. The Hall–Kier alpha value is -1.29. The van der Waals surface area contributed by atoms with E-state index < -0.39 is 6.09 Å². The van der Waals surface area contributed by atoms with E-state index in [-0.39, 0.29) is 6.54 Å². The molecule has 0 aliphatic carbocycles. The molecule has 4 nitrogen and oxygen atoms in total. The summed E-state index contributed by atoms with van der Waals surface area (Å²) in [7, 11) is 0. The Morgan fingerprint density at radius 1 is 1.55 bits per heavy atom. The summed E-state index contributed by atoms with van der Waals surface area (Å²) in [6, 6.07) is 0. The summed E-state index contributed by atoms with van der Waals surface area (Å²) in [4.78, 5) is 10.4. The summed E-state index contributed by atoms with van der Waals surface area (Å²) in [5, 5.41) is 9.55. The van der Waals surface area contributed by atoms with Crippen LogP contribution in [0.4, 0.5) is 4.79 Å². The van der Waals surface area contributed by atoms with Crippen molar-refractivity contribution in [1.82, 2.24) is 10.4 Å². The van der Waals surface area contributed by atoms with Gasteiger partial charge in [-0.3, -0.25) is 0 Å². The van der Waals surface area contributed by atoms with Crippen molar-refractivity contribution in [3.05, 3.63) is 25.3 Å². The SMILES string of the molecule is C=CCNN(CC=C)C(=O)O. The number of amides is 1. The summed E-state index contributed by atoms with van der Waals surface area (Å²) in [5.41, 5.74) is 2.61. The van der Waals surface area contributed by atoms with Crippen LogP contribution in [-0.2, 0) is 0 Å². The molecule has 4 heteroatoms. The molecule has 0 aromatic heterocycles. The second-order valence-electron chi connectivity index (χ2n) is 1.83. The van der Waals surface area contributed by atoms with Crippen molar-refractivity contribution in [1.29, 1.82) is 0 Å². The highest BCUT2D eigenvalue weighted by Gasteiger charge is 2.06. The second-order valence-corrected chi connectivity index (χ2v) is 1.83. The third-order valence-electron chi connectivity index (χ3n) is 0.969. The van der Waals surface area contributed by atoms with Crippen molar-refractivity contribution >= 4 is 6.09 Å². The lowest BCUT2D eigenvalue weighted by atomic mass is 10.6. The minimum absolute atomic E-state index is 0.267. The summed E-state index contributed by atoms with van der Waals surface area (Å²) in [6.45, 7) is 7.56. The third kappa shape index (κ3) is 4.16. The number of carbonyl (C=O) groups is 1. The molecule has 0 radical (unpaired) electrons. The lowest BCUT2D eigenvalue weighted by Gasteiger charge is -2.16. The van der Waals surface area contributed by atoms with Crippen LogP contribution in [0.2, 0.25) is 0 Å². The Balaban J connectivity index is 3.77. The predicted molar refractivity (Wildman–Crippen MR) is 43.1 cm³/mol. The van der Waals surface area contributed by atoms with Crippen LogP contribution >= 0.6 is 0 Å². The van der Waals surface area contributed by atoms with Gasteiger partial charge >= 0.3 is 6.09 Å². The van der Waals surface area contributed by atoms with E-state index in [4.69, 9.17) is 5.11 Å². The second kappa shape index (κ2) is 5.49. The zero-order chi connectivity index (χ0) is 8.69. The van der Waals surface area contributed by atoms with Crippen LogP contribution in [0.5, 0.6) is 0 Å². The molecule has 0 aliphatic rings. The first-order valence-corrected chi connectivity index (χ1v) is 3.18. The minimum atomic E-state index is -1.02. The van der Waals surface area contributed by atoms with Crippen LogP contribution in [0.3, 0.4) is 0 Å². The van der Waals surface area contributed by atoms with Crippen LogP contribution in [0.25, 0.3) is 0 Å². The molecule has 0 aliphatic heterocycles. The summed E-state index contributed by atoms with van der Waals surface area (Å²) in [6.07, 6.45) is 2.07. The van der Waals surface area contributed by atoms with E-state index in [0.717, 1.165) is 5.01 Å². The van der Waals surface area contributed by atoms with Gasteiger partial charge in [0.05, 0.1) is 6.54 Å². The number of carboxylic acid groups (broad SMARTS) is 1. The number of hydrogen-bond acceptors (Lipinski definition) is 2. The highest BCUT2D eigenvalue weighted by atomic mass is 16.4. The van der Waals surface area contributed by atoms with E-state index in [0.29, 0.717) is 6.54 Å². The molecular formula is C7H12N2O2. The molecule has 0 bridgehead atoms. The fourth-order valence-corrected chi connectivity index (χ4v) is 0.514. The topological polar surface area (TPSA) is 52.6 Å². The molecule has 62 valence electrons. The van der Waals surface area contributed by atoms with Gasteiger partial charge in [-0.15, -0.1) is 13.2 Å². The van der Waals surface area contributed by atoms with E-state index in [9.17, 15) is 4.79 Å². The van der Waals surface area contributed by atoms with Gasteiger partial charge in [-0.25, -0.2) is 15.2 Å². The van der Waals surface area contributed by atoms with Gasteiger partial charge in [-0.2, -0.15) is 0 Å². The van der Waals surface area contributed by atoms with E-state index in [1.165, 1.54) is 6.08 Å². The molecule has 0 atom stereocenters. The zero-order valence-corrected chi connectivity index (χ0v) is 6.29. The Morgan fingerprint density at radius 3 is 2.55 bits per heavy atom. The normalized spacial score (nSPS) is 8.73. The molecule has 0 fully saturated rings. The van der Waals surface area contributed by atoms with Gasteiger partial charge in [-0.05, 0) is 0 Å². The average Bonchev–Trinajstić information content (AvgIpc) is 1.97. The van der Waals surface area contributed by atoms with Crippen molar-refractivity contribution in [2.24, 2.45) is 0 Å². The predicted octanol–water partition coefficient (Wildman–Crippen LogP) is 0.843. The van der Waals surface area contributed by atoms with Crippen molar-refractivity contribution in [2.75, 3.05) is 13.1 Å². The Morgan fingerprint density at radius 2 is 2.18 bits per heavy atom. The van der Waals surface area contributed by atoms with Gasteiger partial charge in [0.2, 0.25) is 0 Å².